The Morgan fingerprint density at radius 3 is 2.53 bits per heavy atom. The number of thioether (sulfide) groups is 1. The molecule has 1 spiro atoms. The first kappa shape index (κ1) is 13.3. The van der Waals surface area contributed by atoms with Gasteiger partial charge in [-0.05, 0) is 55.9 Å². The van der Waals surface area contributed by atoms with Crippen molar-refractivity contribution in [2.45, 2.75) is 37.5 Å². The summed E-state index contributed by atoms with van der Waals surface area (Å²) in [6.07, 6.45) is 4.63. The fourth-order valence-electron chi connectivity index (χ4n) is 3.10. The Kier molecular flexibility index (Phi) is 3.52. The van der Waals surface area contributed by atoms with Gasteiger partial charge in [0.15, 0.2) is 0 Å². The summed E-state index contributed by atoms with van der Waals surface area (Å²) in [5.74, 6) is 1.63. The summed E-state index contributed by atoms with van der Waals surface area (Å²) in [6.45, 7) is 2.31. The minimum atomic E-state index is -0.00256. The van der Waals surface area contributed by atoms with E-state index in [1.165, 1.54) is 12.8 Å². The molecule has 1 saturated carbocycles. The standard InChI is InChI=1S/C15H18ClNOS/c1-11-6-8-15(9-7-11)17(14(18)10-19-15)13-4-2-12(16)3-5-13/h2-5,11H,6-10H2,1H3. The lowest BCUT2D eigenvalue weighted by Gasteiger charge is -2.42. The van der Waals surface area contributed by atoms with Crippen LogP contribution in [-0.4, -0.2) is 16.5 Å². The van der Waals surface area contributed by atoms with E-state index in [2.05, 4.69) is 6.92 Å². The average molecular weight is 296 g/mol. The van der Waals surface area contributed by atoms with Crippen molar-refractivity contribution < 1.29 is 4.79 Å². The molecule has 2 aliphatic rings. The van der Waals surface area contributed by atoms with Crippen molar-refractivity contribution in [2.75, 3.05) is 10.7 Å². The summed E-state index contributed by atoms with van der Waals surface area (Å²) in [6, 6.07) is 7.66. The second kappa shape index (κ2) is 5.02. The van der Waals surface area contributed by atoms with Crippen LogP contribution in [0.15, 0.2) is 24.3 Å². The second-order valence-electron chi connectivity index (χ2n) is 5.62. The van der Waals surface area contributed by atoms with E-state index < -0.39 is 0 Å². The van der Waals surface area contributed by atoms with Gasteiger partial charge in [-0.2, -0.15) is 0 Å². The number of amides is 1. The van der Waals surface area contributed by atoms with Gasteiger partial charge in [0.05, 0.1) is 10.6 Å². The minimum absolute atomic E-state index is 0.00256. The number of rotatable bonds is 1. The van der Waals surface area contributed by atoms with Gasteiger partial charge >= 0.3 is 0 Å². The first-order valence-corrected chi connectivity index (χ1v) is 8.20. The Hall–Kier alpha value is -0.670. The largest absolute Gasteiger partial charge is 0.297 e. The van der Waals surface area contributed by atoms with Gasteiger partial charge < -0.3 is 0 Å². The van der Waals surface area contributed by atoms with Gasteiger partial charge in [0, 0.05) is 10.7 Å². The topological polar surface area (TPSA) is 20.3 Å². The molecule has 4 heteroatoms. The van der Waals surface area contributed by atoms with Crippen LogP contribution in [0.1, 0.15) is 32.6 Å². The molecule has 2 nitrogen and oxygen atoms in total. The molecular weight excluding hydrogens is 278 g/mol. The SMILES string of the molecule is CC1CCC2(CC1)SCC(=O)N2c1ccc(Cl)cc1. The summed E-state index contributed by atoms with van der Waals surface area (Å²) < 4.78 is 0. The maximum atomic E-state index is 12.3. The number of halogens is 1. The second-order valence-corrected chi connectivity index (χ2v) is 7.40. The van der Waals surface area contributed by atoms with E-state index in [1.54, 1.807) is 0 Å². The molecule has 1 heterocycles. The van der Waals surface area contributed by atoms with E-state index in [9.17, 15) is 4.79 Å². The van der Waals surface area contributed by atoms with Crippen LogP contribution < -0.4 is 4.90 Å². The third-order valence-electron chi connectivity index (χ3n) is 4.26. The zero-order chi connectivity index (χ0) is 13.5. The molecule has 3 rings (SSSR count). The smallest absolute Gasteiger partial charge is 0.238 e. The summed E-state index contributed by atoms with van der Waals surface area (Å²) in [4.78, 5) is 14.3. The highest BCUT2D eigenvalue weighted by atomic mass is 35.5. The van der Waals surface area contributed by atoms with Gasteiger partial charge in [-0.3, -0.25) is 9.69 Å². The molecule has 0 N–H and O–H groups in total. The molecule has 0 unspecified atom stereocenters. The van der Waals surface area contributed by atoms with E-state index >= 15 is 0 Å². The van der Waals surface area contributed by atoms with Gasteiger partial charge in [-0.25, -0.2) is 0 Å². The highest BCUT2D eigenvalue weighted by molar-refractivity contribution is 8.02. The van der Waals surface area contributed by atoms with Crippen molar-refractivity contribution in [3.63, 3.8) is 0 Å². The highest BCUT2D eigenvalue weighted by Gasteiger charge is 2.48. The van der Waals surface area contributed by atoms with Crippen molar-refractivity contribution in [3.05, 3.63) is 29.3 Å². The predicted molar refractivity (Wildman–Crippen MR) is 81.8 cm³/mol. The number of anilines is 1. The number of carbonyl (C=O) groups excluding carboxylic acids is 1. The number of benzene rings is 1. The molecule has 0 bridgehead atoms. The first-order valence-electron chi connectivity index (χ1n) is 6.83. The summed E-state index contributed by atoms with van der Waals surface area (Å²) >= 11 is 7.77. The van der Waals surface area contributed by atoms with Crippen LogP contribution in [0, 0.1) is 5.92 Å². The van der Waals surface area contributed by atoms with E-state index in [0.29, 0.717) is 5.75 Å². The zero-order valence-electron chi connectivity index (χ0n) is 11.1. The Bertz CT molecular complexity index is 479. The van der Waals surface area contributed by atoms with Crippen molar-refractivity contribution >= 4 is 35.0 Å². The highest BCUT2D eigenvalue weighted by Crippen LogP contribution is 2.50. The normalized spacial score (nSPS) is 31.2. The van der Waals surface area contributed by atoms with Gasteiger partial charge in [0.1, 0.15) is 0 Å². The molecule has 1 aliphatic carbocycles. The molecular formula is C15H18ClNOS. The van der Waals surface area contributed by atoms with E-state index in [0.717, 1.165) is 29.5 Å². The molecule has 1 aliphatic heterocycles. The van der Waals surface area contributed by atoms with Crippen molar-refractivity contribution in [2.24, 2.45) is 5.92 Å². The molecule has 102 valence electrons. The third kappa shape index (κ3) is 2.38. The average Bonchev–Trinajstić information content (AvgIpc) is 2.72. The molecule has 1 aromatic rings. The fourth-order valence-corrected chi connectivity index (χ4v) is 4.61. The molecule has 1 aromatic carbocycles. The van der Waals surface area contributed by atoms with Gasteiger partial charge in [-0.15, -0.1) is 11.8 Å². The van der Waals surface area contributed by atoms with Crippen molar-refractivity contribution in [3.8, 4) is 0 Å². The van der Waals surface area contributed by atoms with E-state index in [-0.39, 0.29) is 10.8 Å². The maximum absolute atomic E-state index is 12.3. The van der Waals surface area contributed by atoms with Crippen LogP contribution in [-0.2, 0) is 4.79 Å². The molecule has 0 aromatic heterocycles. The summed E-state index contributed by atoms with van der Waals surface area (Å²) in [7, 11) is 0. The number of nitrogens with zero attached hydrogens (tertiary/aromatic N) is 1. The summed E-state index contributed by atoms with van der Waals surface area (Å²) in [5, 5.41) is 0.717. The Balaban J connectivity index is 1.92. The lowest BCUT2D eigenvalue weighted by Crippen LogP contribution is -2.46. The van der Waals surface area contributed by atoms with Gasteiger partial charge in [0.25, 0.3) is 0 Å². The van der Waals surface area contributed by atoms with Crippen LogP contribution in [0.5, 0.6) is 0 Å². The Labute approximate surface area is 123 Å². The molecule has 0 radical (unpaired) electrons. The van der Waals surface area contributed by atoms with E-state index in [1.807, 2.05) is 40.9 Å². The number of carbonyl (C=O) groups is 1. The molecule has 0 atom stereocenters. The number of hydrogen-bond acceptors (Lipinski definition) is 2. The first-order chi connectivity index (χ1) is 9.11. The van der Waals surface area contributed by atoms with Crippen LogP contribution in [0.4, 0.5) is 5.69 Å². The van der Waals surface area contributed by atoms with Crippen LogP contribution in [0.3, 0.4) is 0 Å². The van der Waals surface area contributed by atoms with Crippen LogP contribution in [0.25, 0.3) is 0 Å². The van der Waals surface area contributed by atoms with Gasteiger partial charge in [-0.1, -0.05) is 18.5 Å². The zero-order valence-corrected chi connectivity index (χ0v) is 12.6. The Morgan fingerprint density at radius 2 is 1.89 bits per heavy atom. The van der Waals surface area contributed by atoms with Gasteiger partial charge in [0.2, 0.25) is 5.91 Å². The maximum Gasteiger partial charge on any atom is 0.238 e. The quantitative estimate of drug-likeness (QED) is 0.769. The van der Waals surface area contributed by atoms with Crippen LogP contribution >= 0.6 is 23.4 Å². The lowest BCUT2D eigenvalue weighted by molar-refractivity contribution is -0.116. The lowest BCUT2D eigenvalue weighted by atomic mass is 9.85. The predicted octanol–water partition coefficient (Wildman–Crippen LogP) is 4.33. The number of hydrogen-bond donors (Lipinski definition) is 0. The molecule has 2 fully saturated rings. The molecule has 1 saturated heterocycles. The molecule has 19 heavy (non-hydrogen) atoms. The van der Waals surface area contributed by atoms with E-state index in [4.69, 9.17) is 11.6 Å². The van der Waals surface area contributed by atoms with Crippen molar-refractivity contribution in [1.29, 1.82) is 0 Å². The Morgan fingerprint density at radius 1 is 1.26 bits per heavy atom. The summed E-state index contributed by atoms with van der Waals surface area (Å²) in [5.41, 5.74) is 0.994. The monoisotopic (exact) mass is 295 g/mol. The minimum Gasteiger partial charge on any atom is -0.297 e. The molecule has 1 amide bonds. The van der Waals surface area contributed by atoms with Crippen molar-refractivity contribution in [1.82, 2.24) is 0 Å². The fraction of sp³-hybridized carbons (Fsp3) is 0.533. The van der Waals surface area contributed by atoms with Crippen LogP contribution in [0.2, 0.25) is 5.02 Å². The third-order valence-corrected chi connectivity index (χ3v) is 6.03.